The average Bonchev–Trinajstić information content (AvgIpc) is 2.61. The SMILES string of the molecule is O=C(Nc1ccc(F)c(F)c1)C1CCN(Cc2ccc(Cl)cc2)CC1. The number of hydrogen-bond donors (Lipinski definition) is 1. The summed E-state index contributed by atoms with van der Waals surface area (Å²) in [7, 11) is 0. The smallest absolute Gasteiger partial charge is 0.227 e. The molecular weight excluding hydrogens is 346 g/mol. The van der Waals surface area contributed by atoms with E-state index in [4.69, 9.17) is 11.6 Å². The van der Waals surface area contributed by atoms with Gasteiger partial charge in [0.2, 0.25) is 5.91 Å². The minimum absolute atomic E-state index is 0.116. The fourth-order valence-electron chi connectivity index (χ4n) is 3.02. The lowest BCUT2D eigenvalue weighted by Gasteiger charge is -2.31. The van der Waals surface area contributed by atoms with Gasteiger partial charge in [-0.25, -0.2) is 8.78 Å². The molecule has 0 spiro atoms. The number of carbonyl (C=O) groups excluding carboxylic acids is 1. The molecular formula is C19H19ClF2N2O. The highest BCUT2D eigenvalue weighted by Crippen LogP contribution is 2.22. The Bertz CT molecular complexity index is 744. The first-order valence-corrected chi connectivity index (χ1v) is 8.62. The van der Waals surface area contributed by atoms with Crippen LogP contribution in [-0.4, -0.2) is 23.9 Å². The molecule has 0 radical (unpaired) electrons. The van der Waals surface area contributed by atoms with Gasteiger partial charge in [0.15, 0.2) is 11.6 Å². The van der Waals surface area contributed by atoms with E-state index in [0.717, 1.165) is 49.6 Å². The van der Waals surface area contributed by atoms with Gasteiger partial charge in [-0.3, -0.25) is 9.69 Å². The molecule has 132 valence electrons. The molecule has 0 atom stereocenters. The molecule has 0 unspecified atom stereocenters. The molecule has 0 aromatic heterocycles. The van der Waals surface area contributed by atoms with E-state index in [-0.39, 0.29) is 17.5 Å². The van der Waals surface area contributed by atoms with Crippen LogP contribution in [0.4, 0.5) is 14.5 Å². The van der Waals surface area contributed by atoms with Gasteiger partial charge in [0, 0.05) is 29.2 Å². The third-order valence-corrected chi connectivity index (χ3v) is 4.72. The second-order valence-corrected chi connectivity index (χ2v) is 6.73. The molecule has 1 fully saturated rings. The largest absolute Gasteiger partial charge is 0.326 e. The van der Waals surface area contributed by atoms with Crippen LogP contribution in [0.25, 0.3) is 0 Å². The minimum atomic E-state index is -0.962. The molecule has 2 aromatic carbocycles. The molecule has 3 rings (SSSR count). The van der Waals surface area contributed by atoms with E-state index in [1.807, 2.05) is 24.3 Å². The van der Waals surface area contributed by atoms with Gasteiger partial charge >= 0.3 is 0 Å². The number of anilines is 1. The maximum Gasteiger partial charge on any atom is 0.227 e. The number of piperidine rings is 1. The Morgan fingerprint density at radius 3 is 2.40 bits per heavy atom. The van der Waals surface area contributed by atoms with Crippen molar-refractivity contribution in [2.45, 2.75) is 19.4 Å². The molecule has 1 saturated heterocycles. The Balaban J connectivity index is 1.50. The summed E-state index contributed by atoms with van der Waals surface area (Å²) in [5.74, 6) is -2.14. The van der Waals surface area contributed by atoms with Crippen molar-refractivity contribution in [2.75, 3.05) is 18.4 Å². The molecule has 1 amide bonds. The maximum absolute atomic E-state index is 13.2. The van der Waals surface area contributed by atoms with Crippen molar-refractivity contribution in [3.63, 3.8) is 0 Å². The molecule has 1 aliphatic heterocycles. The highest BCUT2D eigenvalue weighted by Gasteiger charge is 2.25. The Morgan fingerprint density at radius 2 is 1.76 bits per heavy atom. The molecule has 25 heavy (non-hydrogen) atoms. The number of nitrogens with one attached hydrogen (secondary N) is 1. The van der Waals surface area contributed by atoms with E-state index in [2.05, 4.69) is 10.2 Å². The fraction of sp³-hybridized carbons (Fsp3) is 0.316. The van der Waals surface area contributed by atoms with Gasteiger partial charge in [-0.1, -0.05) is 23.7 Å². The van der Waals surface area contributed by atoms with Gasteiger partial charge in [-0.2, -0.15) is 0 Å². The van der Waals surface area contributed by atoms with Crippen molar-refractivity contribution in [3.05, 3.63) is 64.7 Å². The second kappa shape index (κ2) is 7.93. The first-order chi connectivity index (χ1) is 12.0. The molecule has 1 aliphatic rings. The van der Waals surface area contributed by atoms with Gasteiger partial charge in [-0.15, -0.1) is 0 Å². The van der Waals surface area contributed by atoms with Crippen molar-refractivity contribution in [3.8, 4) is 0 Å². The van der Waals surface area contributed by atoms with Crippen molar-refractivity contribution >= 4 is 23.2 Å². The molecule has 2 aromatic rings. The van der Waals surface area contributed by atoms with Crippen LogP contribution in [0.2, 0.25) is 5.02 Å². The topological polar surface area (TPSA) is 32.3 Å². The summed E-state index contributed by atoms with van der Waals surface area (Å²) in [6, 6.07) is 11.1. The Morgan fingerprint density at radius 1 is 1.08 bits per heavy atom. The summed E-state index contributed by atoms with van der Waals surface area (Å²) >= 11 is 5.89. The number of hydrogen-bond acceptors (Lipinski definition) is 2. The van der Waals surface area contributed by atoms with Crippen molar-refractivity contribution in [1.29, 1.82) is 0 Å². The quantitative estimate of drug-likeness (QED) is 0.868. The van der Waals surface area contributed by atoms with E-state index >= 15 is 0 Å². The number of rotatable bonds is 4. The summed E-state index contributed by atoms with van der Waals surface area (Å²) in [5, 5.41) is 3.39. The van der Waals surface area contributed by atoms with Crippen LogP contribution in [0.15, 0.2) is 42.5 Å². The maximum atomic E-state index is 13.2. The molecule has 6 heteroatoms. The van der Waals surface area contributed by atoms with E-state index < -0.39 is 11.6 Å². The van der Waals surface area contributed by atoms with Gasteiger partial charge < -0.3 is 5.32 Å². The first-order valence-electron chi connectivity index (χ1n) is 8.24. The predicted molar refractivity (Wildman–Crippen MR) is 94.4 cm³/mol. The zero-order chi connectivity index (χ0) is 17.8. The normalized spacial score (nSPS) is 16.0. The van der Waals surface area contributed by atoms with Crippen LogP contribution in [0.1, 0.15) is 18.4 Å². The Kier molecular flexibility index (Phi) is 5.66. The van der Waals surface area contributed by atoms with Crippen LogP contribution in [-0.2, 0) is 11.3 Å². The number of carbonyl (C=O) groups is 1. The number of amides is 1. The van der Waals surface area contributed by atoms with Crippen molar-refractivity contribution in [1.82, 2.24) is 4.90 Å². The van der Waals surface area contributed by atoms with Crippen molar-refractivity contribution in [2.24, 2.45) is 5.92 Å². The zero-order valence-electron chi connectivity index (χ0n) is 13.6. The lowest BCUT2D eigenvalue weighted by molar-refractivity contribution is -0.121. The minimum Gasteiger partial charge on any atom is -0.326 e. The van der Waals surface area contributed by atoms with Crippen LogP contribution >= 0.6 is 11.6 Å². The van der Waals surface area contributed by atoms with Crippen LogP contribution < -0.4 is 5.32 Å². The highest BCUT2D eigenvalue weighted by molar-refractivity contribution is 6.30. The lowest BCUT2D eigenvalue weighted by Crippen LogP contribution is -2.37. The second-order valence-electron chi connectivity index (χ2n) is 6.30. The monoisotopic (exact) mass is 364 g/mol. The predicted octanol–water partition coefficient (Wildman–Crippen LogP) is 4.47. The van der Waals surface area contributed by atoms with Gasteiger partial charge in [0.05, 0.1) is 0 Å². The fourth-order valence-corrected chi connectivity index (χ4v) is 3.15. The highest BCUT2D eigenvalue weighted by atomic mass is 35.5. The van der Waals surface area contributed by atoms with Crippen LogP contribution in [0.3, 0.4) is 0 Å². The number of benzene rings is 2. The van der Waals surface area contributed by atoms with Crippen LogP contribution in [0, 0.1) is 17.6 Å². The third-order valence-electron chi connectivity index (χ3n) is 4.46. The molecule has 3 nitrogen and oxygen atoms in total. The van der Waals surface area contributed by atoms with E-state index in [1.165, 1.54) is 11.6 Å². The van der Waals surface area contributed by atoms with Gasteiger partial charge in [-0.05, 0) is 55.8 Å². The number of nitrogens with zero attached hydrogens (tertiary/aromatic N) is 1. The van der Waals surface area contributed by atoms with Gasteiger partial charge in [0.25, 0.3) is 0 Å². The third kappa shape index (κ3) is 4.77. The average molecular weight is 365 g/mol. The standard InChI is InChI=1S/C19H19ClF2N2O/c20-15-3-1-13(2-4-15)12-24-9-7-14(8-10-24)19(25)23-16-5-6-17(21)18(22)11-16/h1-6,11,14H,7-10,12H2,(H,23,25). The molecule has 0 bridgehead atoms. The summed E-state index contributed by atoms with van der Waals surface area (Å²) < 4.78 is 26.1. The molecule has 1 heterocycles. The van der Waals surface area contributed by atoms with E-state index in [0.29, 0.717) is 0 Å². The molecule has 0 saturated carbocycles. The number of likely N-dealkylation sites (tertiary alicyclic amines) is 1. The van der Waals surface area contributed by atoms with E-state index in [1.54, 1.807) is 0 Å². The summed E-state index contributed by atoms with van der Waals surface area (Å²) in [5.41, 5.74) is 1.47. The lowest BCUT2D eigenvalue weighted by atomic mass is 9.95. The molecule has 0 aliphatic carbocycles. The Labute approximate surface area is 150 Å². The summed E-state index contributed by atoms with van der Waals surface area (Å²) in [6.07, 6.45) is 1.48. The molecule has 1 N–H and O–H groups in total. The summed E-state index contributed by atoms with van der Waals surface area (Å²) in [4.78, 5) is 14.6. The van der Waals surface area contributed by atoms with Crippen LogP contribution in [0.5, 0.6) is 0 Å². The Hall–Kier alpha value is -1.98. The van der Waals surface area contributed by atoms with E-state index in [9.17, 15) is 13.6 Å². The summed E-state index contributed by atoms with van der Waals surface area (Å²) in [6.45, 7) is 2.46. The zero-order valence-corrected chi connectivity index (χ0v) is 14.4. The van der Waals surface area contributed by atoms with Gasteiger partial charge in [0.1, 0.15) is 0 Å². The number of halogens is 3. The van der Waals surface area contributed by atoms with Crippen molar-refractivity contribution < 1.29 is 13.6 Å². The first kappa shape index (κ1) is 17.8.